The Labute approximate surface area is 213 Å². The Hall–Kier alpha value is -2.01. The van der Waals surface area contributed by atoms with Crippen molar-refractivity contribution in [1.29, 1.82) is 0 Å². The van der Waals surface area contributed by atoms with Crippen LogP contribution in [0.3, 0.4) is 0 Å². The van der Waals surface area contributed by atoms with Crippen LogP contribution < -0.4 is 10.6 Å². The second kappa shape index (κ2) is 20.2. The molecule has 0 bridgehead atoms. The number of amides is 2. The number of carboxylic acid groups (broad SMARTS) is 1. The van der Waals surface area contributed by atoms with E-state index in [1.807, 2.05) is 13.8 Å². The highest BCUT2D eigenvalue weighted by Crippen LogP contribution is 2.08. The van der Waals surface area contributed by atoms with Crippen LogP contribution in [-0.2, 0) is 19.0 Å². The molecule has 2 unspecified atom stereocenters. The number of nitrogens with one attached hydrogen (secondary N) is 2. The van der Waals surface area contributed by atoms with E-state index in [1.54, 1.807) is 41.5 Å². The third-order valence-electron chi connectivity index (χ3n) is 3.97. The molecule has 0 aliphatic carbocycles. The zero-order chi connectivity index (χ0) is 26.8. The molecule has 3 radical (unpaired) electrons. The summed E-state index contributed by atoms with van der Waals surface area (Å²) in [7, 11) is 0. The molecule has 2 atom stereocenters. The van der Waals surface area contributed by atoms with Crippen molar-refractivity contribution in [2.75, 3.05) is 19.8 Å². The van der Waals surface area contributed by atoms with Gasteiger partial charge >= 0.3 is 18.2 Å². The minimum Gasteiger partial charge on any atom is -0.480 e. The summed E-state index contributed by atoms with van der Waals surface area (Å²) in [5.74, 6) is -1.04. The first kappa shape index (κ1) is 37.5. The fraction of sp³-hybridized carbons (Fsp3) is 0.875. The van der Waals surface area contributed by atoms with Gasteiger partial charge in [0.05, 0.1) is 12.6 Å². The van der Waals surface area contributed by atoms with Crippen LogP contribution >= 0.6 is 0 Å². The van der Waals surface area contributed by atoms with Crippen LogP contribution in [0.5, 0.6) is 0 Å². The van der Waals surface area contributed by atoms with Gasteiger partial charge in [0.2, 0.25) is 0 Å². The Morgan fingerprint density at radius 1 is 0.857 bits per heavy atom. The summed E-state index contributed by atoms with van der Waals surface area (Å²) in [6, 6.07) is -1.07. The third-order valence-corrected chi connectivity index (χ3v) is 3.97. The standard InChI is InChI=1S/C10H19NO4.C10H21NO3.C4H8O.B/c1-5-6-7(8(12)13)11-9(14)15-10(2,3)4;1-5-6-8(7-12)11-9(13)14-10(2,3)4;1-2-4-5-3-1;/h7H,5-6H2,1-4H3,(H,11,14)(H,12,13);8,12H,5-7H2,1-4H3,(H,11,13);1-4H2;. The number of aliphatic hydroxyl groups is 1. The lowest BCUT2D eigenvalue weighted by molar-refractivity contribution is -0.139. The predicted molar refractivity (Wildman–Crippen MR) is 137 cm³/mol. The number of carbonyl (C=O) groups excluding carboxylic acids is 2. The van der Waals surface area contributed by atoms with Crippen LogP contribution in [0.1, 0.15) is 93.9 Å². The highest BCUT2D eigenvalue weighted by Gasteiger charge is 2.23. The normalized spacial score (nSPS) is 14.4. The lowest BCUT2D eigenvalue weighted by atomic mass is 10.2. The minimum absolute atomic E-state index is 0. The summed E-state index contributed by atoms with van der Waals surface area (Å²) >= 11 is 0. The minimum atomic E-state index is -1.04. The number of hydrogen-bond acceptors (Lipinski definition) is 7. The van der Waals surface area contributed by atoms with Gasteiger partial charge in [0.15, 0.2) is 0 Å². The van der Waals surface area contributed by atoms with Gasteiger partial charge in [-0.1, -0.05) is 26.7 Å². The number of ether oxygens (including phenoxy) is 3. The Morgan fingerprint density at radius 2 is 1.29 bits per heavy atom. The van der Waals surface area contributed by atoms with E-state index < -0.39 is 35.4 Å². The van der Waals surface area contributed by atoms with Gasteiger partial charge in [0.25, 0.3) is 0 Å². The molecule has 0 saturated carbocycles. The summed E-state index contributed by atoms with van der Waals surface area (Å²) in [4.78, 5) is 33.2. The van der Waals surface area contributed by atoms with E-state index in [0.29, 0.717) is 12.8 Å². The van der Waals surface area contributed by atoms with Gasteiger partial charge in [-0.15, -0.1) is 0 Å². The Kier molecular flexibility index (Phi) is 21.7. The van der Waals surface area contributed by atoms with Gasteiger partial charge in [-0.2, -0.15) is 0 Å². The fourth-order valence-corrected chi connectivity index (χ4v) is 2.54. The van der Waals surface area contributed by atoms with Crippen molar-refractivity contribution in [3.8, 4) is 0 Å². The number of alkyl carbamates (subject to hydrolysis) is 2. The van der Waals surface area contributed by atoms with E-state index in [4.69, 9.17) is 24.4 Å². The molecule has 11 heteroatoms. The summed E-state index contributed by atoms with van der Waals surface area (Å²) in [6.45, 7) is 16.4. The van der Waals surface area contributed by atoms with E-state index in [-0.39, 0.29) is 21.1 Å². The second-order valence-corrected chi connectivity index (χ2v) is 9.96. The summed E-state index contributed by atoms with van der Waals surface area (Å²) in [5, 5.41) is 22.6. The largest absolute Gasteiger partial charge is 0.480 e. The van der Waals surface area contributed by atoms with E-state index in [2.05, 4.69) is 10.6 Å². The average Bonchev–Trinajstić information content (AvgIpc) is 3.25. The summed E-state index contributed by atoms with van der Waals surface area (Å²) < 4.78 is 15.0. The zero-order valence-corrected chi connectivity index (χ0v) is 22.9. The van der Waals surface area contributed by atoms with Crippen LogP contribution in [0.15, 0.2) is 0 Å². The Bertz CT molecular complexity index is 565. The van der Waals surface area contributed by atoms with Gasteiger partial charge in [-0.3, -0.25) is 0 Å². The molecular weight excluding hydrogens is 455 g/mol. The molecule has 1 heterocycles. The third kappa shape index (κ3) is 26.4. The molecule has 35 heavy (non-hydrogen) atoms. The SMILES string of the molecule is C1CCOC1.CCCC(CO)NC(=O)OC(C)(C)C.CCCC(NC(=O)OC(C)(C)C)C(=O)O.[B]. The highest BCUT2D eigenvalue weighted by molar-refractivity contribution is 5.79. The first-order valence-electron chi connectivity index (χ1n) is 12.1. The quantitative estimate of drug-likeness (QED) is 0.366. The number of aliphatic hydroxyl groups excluding tert-OH is 1. The van der Waals surface area contributed by atoms with Gasteiger partial charge in [-0.05, 0) is 67.2 Å². The Morgan fingerprint density at radius 3 is 1.57 bits per heavy atom. The lowest BCUT2D eigenvalue weighted by Crippen LogP contribution is -2.43. The molecule has 1 aliphatic heterocycles. The number of hydrogen-bond donors (Lipinski definition) is 4. The molecule has 2 amide bonds. The van der Waals surface area contributed by atoms with Gasteiger partial charge in [-0.25, -0.2) is 14.4 Å². The molecule has 0 aromatic carbocycles. The smallest absolute Gasteiger partial charge is 0.408 e. The Balaban J connectivity index is -0.000000475. The topological polar surface area (TPSA) is 143 Å². The monoisotopic (exact) mass is 503 g/mol. The maximum absolute atomic E-state index is 11.3. The molecule has 1 fully saturated rings. The molecule has 1 rings (SSSR count). The maximum Gasteiger partial charge on any atom is 0.408 e. The van der Waals surface area contributed by atoms with E-state index in [0.717, 1.165) is 26.1 Å². The highest BCUT2D eigenvalue weighted by atomic mass is 16.6. The first-order valence-corrected chi connectivity index (χ1v) is 12.1. The van der Waals surface area contributed by atoms with Crippen LogP contribution in [0.25, 0.3) is 0 Å². The molecule has 10 nitrogen and oxygen atoms in total. The van der Waals surface area contributed by atoms with Crippen molar-refractivity contribution in [3.63, 3.8) is 0 Å². The molecule has 205 valence electrons. The van der Waals surface area contributed by atoms with Crippen molar-refractivity contribution < 1.29 is 38.8 Å². The maximum atomic E-state index is 11.3. The van der Waals surface area contributed by atoms with Crippen molar-refractivity contribution >= 4 is 26.6 Å². The summed E-state index contributed by atoms with van der Waals surface area (Å²) in [5.41, 5.74) is -1.10. The second-order valence-electron chi connectivity index (χ2n) is 9.96. The molecule has 0 spiro atoms. The molecular formula is C24H48BN2O8. The molecule has 0 aromatic heterocycles. The van der Waals surface area contributed by atoms with Gasteiger partial charge in [0.1, 0.15) is 17.2 Å². The van der Waals surface area contributed by atoms with Crippen LogP contribution in [0, 0.1) is 0 Å². The van der Waals surface area contributed by atoms with Crippen molar-refractivity contribution in [2.24, 2.45) is 0 Å². The lowest BCUT2D eigenvalue weighted by Gasteiger charge is -2.22. The number of rotatable bonds is 8. The number of carboxylic acids is 1. The molecule has 0 aromatic rings. The fourth-order valence-electron chi connectivity index (χ4n) is 2.54. The van der Waals surface area contributed by atoms with Crippen LogP contribution in [-0.4, -0.2) is 79.9 Å². The predicted octanol–water partition coefficient (Wildman–Crippen LogP) is 3.85. The van der Waals surface area contributed by atoms with E-state index in [1.165, 1.54) is 12.8 Å². The molecule has 1 saturated heterocycles. The van der Waals surface area contributed by atoms with Crippen molar-refractivity contribution in [2.45, 2.75) is 117 Å². The van der Waals surface area contributed by atoms with Crippen molar-refractivity contribution in [3.05, 3.63) is 0 Å². The van der Waals surface area contributed by atoms with E-state index in [9.17, 15) is 14.4 Å². The molecule has 4 N–H and O–H groups in total. The molecule has 1 aliphatic rings. The first-order chi connectivity index (χ1) is 15.6. The van der Waals surface area contributed by atoms with Crippen LogP contribution in [0.2, 0.25) is 0 Å². The number of aliphatic carboxylic acids is 1. The average molecular weight is 503 g/mol. The van der Waals surface area contributed by atoms with Gasteiger partial charge in [0, 0.05) is 21.6 Å². The van der Waals surface area contributed by atoms with Gasteiger partial charge < -0.3 is 35.1 Å². The van der Waals surface area contributed by atoms with E-state index >= 15 is 0 Å². The zero-order valence-electron chi connectivity index (χ0n) is 22.9. The number of carbonyl (C=O) groups is 3. The van der Waals surface area contributed by atoms with Crippen LogP contribution in [0.4, 0.5) is 9.59 Å². The summed E-state index contributed by atoms with van der Waals surface area (Å²) in [6.07, 6.45) is 4.16. The van der Waals surface area contributed by atoms with Crippen molar-refractivity contribution in [1.82, 2.24) is 10.6 Å².